The number of benzene rings is 1. The van der Waals surface area contributed by atoms with Gasteiger partial charge in [-0.15, -0.1) is 0 Å². The second-order valence-electron chi connectivity index (χ2n) is 7.97. The summed E-state index contributed by atoms with van der Waals surface area (Å²) in [6, 6.07) is 5.57. The molecule has 0 spiro atoms. The molecule has 3 rings (SSSR count). The highest BCUT2D eigenvalue weighted by atomic mass is 32.2. The van der Waals surface area contributed by atoms with Crippen LogP contribution >= 0.6 is 0 Å². The fourth-order valence-corrected chi connectivity index (χ4v) is 5.43. The van der Waals surface area contributed by atoms with Gasteiger partial charge in [0.1, 0.15) is 24.9 Å². The van der Waals surface area contributed by atoms with Crippen molar-refractivity contribution in [1.29, 1.82) is 0 Å². The van der Waals surface area contributed by atoms with E-state index in [9.17, 15) is 18.0 Å². The maximum atomic E-state index is 13.5. The maximum absolute atomic E-state index is 13.5. The molecule has 1 aromatic rings. The summed E-state index contributed by atoms with van der Waals surface area (Å²) in [7, 11) is -4.01. The summed E-state index contributed by atoms with van der Waals surface area (Å²) in [6.07, 6.45) is -2.37. The van der Waals surface area contributed by atoms with Crippen molar-refractivity contribution < 1.29 is 37.0 Å². The molecule has 166 valence electrons. The lowest BCUT2D eigenvalue weighted by Gasteiger charge is -2.43. The number of aryl methyl sites for hydroxylation is 1. The molecule has 1 aromatic carbocycles. The monoisotopic (exact) mass is 441 g/mol. The second-order valence-corrected chi connectivity index (χ2v) is 9.86. The highest BCUT2D eigenvalue weighted by molar-refractivity contribution is 7.89. The Kier molecular flexibility index (Phi) is 6.24. The van der Waals surface area contributed by atoms with E-state index < -0.39 is 52.1 Å². The van der Waals surface area contributed by atoms with Crippen molar-refractivity contribution >= 4 is 22.0 Å². The Hall–Kier alpha value is -2.01. The molecule has 0 N–H and O–H groups in total. The number of piperidine rings is 1. The quantitative estimate of drug-likeness (QED) is 0.631. The minimum absolute atomic E-state index is 0.0825. The molecular formula is C20H27NO8S. The van der Waals surface area contributed by atoms with Gasteiger partial charge in [-0.25, -0.2) is 8.42 Å². The lowest BCUT2D eigenvalue weighted by Crippen LogP contribution is -2.63. The lowest BCUT2D eigenvalue weighted by atomic mass is 9.96. The Bertz CT molecular complexity index is 911. The first-order chi connectivity index (χ1) is 13.9. The number of carbonyl (C=O) groups is 2. The fourth-order valence-electron chi connectivity index (χ4n) is 3.80. The molecule has 4 atom stereocenters. The Balaban J connectivity index is 2.03. The zero-order valence-corrected chi connectivity index (χ0v) is 18.5. The molecule has 0 unspecified atom stereocenters. The number of ether oxygens (including phenoxy) is 4. The van der Waals surface area contributed by atoms with Gasteiger partial charge in [-0.3, -0.25) is 9.59 Å². The third kappa shape index (κ3) is 4.66. The Morgan fingerprint density at radius 1 is 1.10 bits per heavy atom. The summed E-state index contributed by atoms with van der Waals surface area (Å²) in [5, 5.41) is 0. The first-order valence-corrected chi connectivity index (χ1v) is 11.1. The van der Waals surface area contributed by atoms with Gasteiger partial charge in [0.15, 0.2) is 5.79 Å². The largest absolute Gasteiger partial charge is 0.464 e. The Morgan fingerprint density at radius 3 is 2.27 bits per heavy atom. The van der Waals surface area contributed by atoms with E-state index in [1.54, 1.807) is 26.0 Å². The molecule has 9 nitrogen and oxygen atoms in total. The lowest BCUT2D eigenvalue weighted by molar-refractivity contribution is -0.169. The summed E-state index contributed by atoms with van der Waals surface area (Å²) in [4.78, 5) is 23.2. The topological polar surface area (TPSA) is 108 Å². The van der Waals surface area contributed by atoms with E-state index in [1.165, 1.54) is 30.3 Å². The van der Waals surface area contributed by atoms with E-state index in [4.69, 9.17) is 18.9 Å². The van der Waals surface area contributed by atoms with Crippen LogP contribution in [0.15, 0.2) is 29.2 Å². The number of hydrogen-bond donors (Lipinski definition) is 0. The van der Waals surface area contributed by atoms with Crippen molar-refractivity contribution in [2.75, 3.05) is 13.2 Å². The van der Waals surface area contributed by atoms with Crippen molar-refractivity contribution in [2.45, 2.75) is 69.7 Å². The van der Waals surface area contributed by atoms with Crippen molar-refractivity contribution in [3.05, 3.63) is 29.8 Å². The number of fused-ring (bicyclic) bond motifs is 1. The molecule has 30 heavy (non-hydrogen) atoms. The number of hydrogen-bond acceptors (Lipinski definition) is 8. The van der Waals surface area contributed by atoms with E-state index in [-0.39, 0.29) is 18.0 Å². The van der Waals surface area contributed by atoms with Crippen molar-refractivity contribution in [3.8, 4) is 0 Å². The summed E-state index contributed by atoms with van der Waals surface area (Å²) in [5.74, 6) is -2.12. The van der Waals surface area contributed by atoms with Gasteiger partial charge >= 0.3 is 11.9 Å². The van der Waals surface area contributed by atoms with Crippen LogP contribution in [0, 0.1) is 6.92 Å². The van der Waals surface area contributed by atoms with Crippen molar-refractivity contribution in [3.63, 3.8) is 0 Å². The highest BCUT2D eigenvalue weighted by Crippen LogP contribution is 2.39. The summed E-state index contributed by atoms with van der Waals surface area (Å²) in [5.41, 5.74) is 0.913. The smallest absolute Gasteiger partial charge is 0.303 e. The molecule has 2 saturated heterocycles. The van der Waals surface area contributed by atoms with Crippen LogP contribution in [0.25, 0.3) is 0 Å². The van der Waals surface area contributed by atoms with Gasteiger partial charge in [0.2, 0.25) is 10.0 Å². The van der Waals surface area contributed by atoms with E-state index in [0.717, 1.165) is 5.56 Å². The van der Waals surface area contributed by atoms with Crippen LogP contribution in [0.1, 0.15) is 33.3 Å². The van der Waals surface area contributed by atoms with Crippen LogP contribution in [0.2, 0.25) is 0 Å². The van der Waals surface area contributed by atoms with E-state index in [2.05, 4.69) is 0 Å². The van der Waals surface area contributed by atoms with Crippen LogP contribution in [-0.2, 0) is 38.6 Å². The zero-order chi connectivity index (χ0) is 22.3. The van der Waals surface area contributed by atoms with Gasteiger partial charge in [0.05, 0.1) is 17.5 Å². The van der Waals surface area contributed by atoms with Gasteiger partial charge in [-0.1, -0.05) is 17.7 Å². The average Bonchev–Trinajstić information content (AvgIpc) is 2.95. The molecule has 0 bridgehead atoms. The molecule has 2 fully saturated rings. The standard InChI is InChI=1S/C20H27NO8S/c1-12-6-8-15(9-7-12)30(24,25)21-10-17(27-14(3)23)19-18(28-20(4,5)29-19)16(21)11-26-13(2)22/h6-9,16-19H,10-11H2,1-5H3/t16-,17-,18-,19-/m1/s1. The van der Waals surface area contributed by atoms with Crippen LogP contribution in [-0.4, -0.2) is 68.0 Å². The van der Waals surface area contributed by atoms with E-state index in [1.807, 2.05) is 6.92 Å². The number of sulfonamides is 1. The van der Waals surface area contributed by atoms with Gasteiger partial charge in [-0.2, -0.15) is 4.31 Å². The molecule has 2 heterocycles. The molecule has 2 aliphatic heterocycles. The predicted octanol–water partition coefficient (Wildman–Crippen LogP) is 1.38. The number of rotatable bonds is 5. The third-order valence-electron chi connectivity index (χ3n) is 5.04. The predicted molar refractivity (Wildman–Crippen MR) is 105 cm³/mol. The molecular weight excluding hydrogens is 414 g/mol. The van der Waals surface area contributed by atoms with Crippen LogP contribution in [0.5, 0.6) is 0 Å². The number of nitrogens with zero attached hydrogens (tertiary/aromatic N) is 1. The molecule has 2 aliphatic rings. The van der Waals surface area contributed by atoms with E-state index >= 15 is 0 Å². The van der Waals surface area contributed by atoms with Crippen LogP contribution < -0.4 is 0 Å². The molecule has 0 saturated carbocycles. The van der Waals surface area contributed by atoms with Crippen molar-refractivity contribution in [2.24, 2.45) is 0 Å². The maximum Gasteiger partial charge on any atom is 0.303 e. The first kappa shape index (κ1) is 22.7. The zero-order valence-electron chi connectivity index (χ0n) is 17.7. The van der Waals surface area contributed by atoms with Crippen LogP contribution in [0.4, 0.5) is 0 Å². The molecule has 0 radical (unpaired) electrons. The minimum Gasteiger partial charge on any atom is -0.464 e. The summed E-state index contributed by atoms with van der Waals surface area (Å²) >= 11 is 0. The van der Waals surface area contributed by atoms with E-state index in [0.29, 0.717) is 0 Å². The third-order valence-corrected chi connectivity index (χ3v) is 6.95. The highest BCUT2D eigenvalue weighted by Gasteiger charge is 2.57. The summed E-state index contributed by atoms with van der Waals surface area (Å²) < 4.78 is 50.6. The van der Waals surface area contributed by atoms with Crippen LogP contribution in [0.3, 0.4) is 0 Å². The summed E-state index contributed by atoms with van der Waals surface area (Å²) in [6.45, 7) is 7.37. The number of carbonyl (C=O) groups excluding carboxylic acids is 2. The Labute approximate surface area is 176 Å². The molecule has 10 heteroatoms. The first-order valence-electron chi connectivity index (χ1n) is 9.65. The van der Waals surface area contributed by atoms with Gasteiger partial charge < -0.3 is 18.9 Å². The normalized spacial score (nSPS) is 28.6. The van der Waals surface area contributed by atoms with Gasteiger partial charge in [-0.05, 0) is 32.9 Å². The second kappa shape index (κ2) is 8.26. The minimum atomic E-state index is -4.01. The average molecular weight is 442 g/mol. The SMILES string of the molecule is CC(=O)OC[C@@H]1[C@H]2OC(C)(C)O[C@@H]2[C@H](OC(C)=O)CN1S(=O)(=O)c1ccc(C)cc1. The Morgan fingerprint density at radius 2 is 1.70 bits per heavy atom. The van der Waals surface area contributed by atoms with Gasteiger partial charge in [0, 0.05) is 13.8 Å². The van der Waals surface area contributed by atoms with Crippen molar-refractivity contribution in [1.82, 2.24) is 4.31 Å². The molecule has 0 amide bonds. The molecule has 0 aromatic heterocycles. The molecule has 0 aliphatic carbocycles. The fraction of sp³-hybridized carbons (Fsp3) is 0.600. The van der Waals surface area contributed by atoms with Gasteiger partial charge in [0.25, 0.3) is 0 Å². The number of esters is 2.